The quantitative estimate of drug-likeness (QED) is 0.524. The molecule has 0 radical (unpaired) electrons. The highest BCUT2D eigenvalue weighted by molar-refractivity contribution is 8.14. The summed E-state index contributed by atoms with van der Waals surface area (Å²) in [5.74, 6) is 0. The fourth-order valence-corrected chi connectivity index (χ4v) is 2.70. The lowest BCUT2D eigenvalue weighted by molar-refractivity contribution is -0.111. The minimum absolute atomic E-state index is 0.0105. The van der Waals surface area contributed by atoms with Crippen LogP contribution in [-0.4, -0.2) is 35.3 Å². The summed E-state index contributed by atoms with van der Waals surface area (Å²) in [5.41, 5.74) is 0. The van der Waals surface area contributed by atoms with Crippen LogP contribution in [0.15, 0.2) is 0 Å². The molecule has 0 aromatic rings. The minimum Gasteiger partial charge on any atom is -0.395 e. The van der Waals surface area contributed by atoms with Crippen molar-refractivity contribution < 1.29 is 14.6 Å². The topological polar surface area (TPSA) is 46.5 Å². The van der Waals surface area contributed by atoms with Crippen LogP contribution in [0.5, 0.6) is 0 Å². The van der Waals surface area contributed by atoms with Crippen LogP contribution >= 0.6 is 11.8 Å². The van der Waals surface area contributed by atoms with Crippen LogP contribution in [-0.2, 0) is 9.53 Å². The standard InChI is InChI=1S/C15H30O3S/c1-3-5-6-7-8-9-11-18-13-14(12-16)19-15(17)10-4-2/h14,16H,3-13H2,1-2H3/t14-/m0/s1. The van der Waals surface area contributed by atoms with E-state index in [4.69, 9.17) is 4.74 Å². The van der Waals surface area contributed by atoms with Crippen molar-refractivity contribution in [3.63, 3.8) is 0 Å². The minimum atomic E-state index is -0.0980. The summed E-state index contributed by atoms with van der Waals surface area (Å²) in [6, 6.07) is 0. The van der Waals surface area contributed by atoms with Gasteiger partial charge in [0.2, 0.25) is 0 Å². The predicted octanol–water partition coefficient (Wildman–Crippen LogP) is 3.78. The molecule has 1 atom stereocenters. The van der Waals surface area contributed by atoms with E-state index in [9.17, 15) is 9.90 Å². The maximum atomic E-state index is 11.4. The van der Waals surface area contributed by atoms with E-state index in [1.54, 1.807) is 0 Å². The molecular formula is C15H30O3S. The third-order valence-electron chi connectivity index (χ3n) is 2.90. The Morgan fingerprint density at radius 3 is 2.42 bits per heavy atom. The highest BCUT2D eigenvalue weighted by atomic mass is 32.2. The van der Waals surface area contributed by atoms with Gasteiger partial charge in [-0.15, -0.1) is 0 Å². The first-order valence-corrected chi connectivity index (χ1v) is 8.50. The van der Waals surface area contributed by atoms with E-state index in [1.165, 1.54) is 43.9 Å². The van der Waals surface area contributed by atoms with Crippen molar-refractivity contribution in [2.24, 2.45) is 0 Å². The molecule has 0 amide bonds. The molecular weight excluding hydrogens is 260 g/mol. The van der Waals surface area contributed by atoms with Gasteiger partial charge in [0.1, 0.15) is 0 Å². The van der Waals surface area contributed by atoms with E-state index in [1.807, 2.05) is 6.92 Å². The van der Waals surface area contributed by atoms with Crippen molar-refractivity contribution in [2.45, 2.75) is 70.5 Å². The third kappa shape index (κ3) is 12.7. The second-order valence-corrected chi connectivity index (χ2v) is 6.24. The third-order valence-corrected chi connectivity index (χ3v) is 3.99. The molecule has 0 saturated carbocycles. The zero-order valence-corrected chi connectivity index (χ0v) is 13.3. The monoisotopic (exact) mass is 290 g/mol. The zero-order valence-electron chi connectivity index (χ0n) is 12.5. The molecule has 0 aliphatic carbocycles. The maximum Gasteiger partial charge on any atom is 0.189 e. The van der Waals surface area contributed by atoms with Crippen LogP contribution < -0.4 is 0 Å². The lowest BCUT2D eigenvalue weighted by atomic mass is 10.1. The molecule has 0 unspecified atom stereocenters. The lowest BCUT2D eigenvalue weighted by Gasteiger charge is -2.13. The summed E-state index contributed by atoms with van der Waals surface area (Å²) in [5, 5.41) is 9.25. The lowest BCUT2D eigenvalue weighted by Crippen LogP contribution is -2.19. The van der Waals surface area contributed by atoms with Gasteiger partial charge in [-0.1, -0.05) is 57.7 Å². The van der Waals surface area contributed by atoms with Gasteiger partial charge in [0.25, 0.3) is 0 Å². The Hall–Kier alpha value is -0.0600. The molecule has 0 fully saturated rings. The SMILES string of the molecule is CCCCCCCCOC[C@H](CO)SC(=O)CCC. The average molecular weight is 290 g/mol. The molecule has 0 aliphatic heterocycles. The van der Waals surface area contributed by atoms with Crippen molar-refractivity contribution in [3.8, 4) is 0 Å². The molecule has 0 saturated heterocycles. The summed E-state index contributed by atoms with van der Waals surface area (Å²) < 4.78 is 5.54. The first kappa shape index (κ1) is 18.9. The molecule has 0 rings (SSSR count). The van der Waals surface area contributed by atoms with Crippen molar-refractivity contribution >= 4 is 16.9 Å². The van der Waals surface area contributed by atoms with E-state index in [2.05, 4.69) is 6.92 Å². The van der Waals surface area contributed by atoms with Gasteiger partial charge in [-0.2, -0.15) is 0 Å². The van der Waals surface area contributed by atoms with Crippen LogP contribution in [0.4, 0.5) is 0 Å². The number of aliphatic hydroxyl groups excluding tert-OH is 1. The average Bonchev–Trinajstić information content (AvgIpc) is 2.40. The number of carbonyl (C=O) groups is 1. The van der Waals surface area contributed by atoms with E-state index in [0.717, 1.165) is 19.4 Å². The maximum absolute atomic E-state index is 11.4. The number of hydrogen-bond acceptors (Lipinski definition) is 4. The summed E-state index contributed by atoms with van der Waals surface area (Å²) in [4.78, 5) is 11.4. The Balaban J connectivity index is 3.43. The molecule has 0 spiro atoms. The Bertz CT molecular complexity index is 210. The van der Waals surface area contributed by atoms with Crippen LogP contribution in [0.25, 0.3) is 0 Å². The van der Waals surface area contributed by atoms with E-state index in [0.29, 0.717) is 13.0 Å². The van der Waals surface area contributed by atoms with Gasteiger partial charge in [0.05, 0.1) is 18.5 Å². The molecule has 1 N–H and O–H groups in total. The van der Waals surface area contributed by atoms with Crippen LogP contribution in [0.3, 0.4) is 0 Å². The smallest absolute Gasteiger partial charge is 0.189 e. The fourth-order valence-electron chi connectivity index (χ4n) is 1.77. The Kier molecular flexibility index (Phi) is 14.3. The molecule has 4 heteroatoms. The van der Waals surface area contributed by atoms with Gasteiger partial charge in [-0.05, 0) is 12.8 Å². The number of hydrogen-bond donors (Lipinski definition) is 1. The Labute approximate surface area is 122 Å². The largest absolute Gasteiger partial charge is 0.395 e. The van der Waals surface area contributed by atoms with Crippen LogP contribution in [0, 0.1) is 0 Å². The molecule has 0 aromatic heterocycles. The first-order valence-electron chi connectivity index (χ1n) is 7.62. The van der Waals surface area contributed by atoms with Gasteiger partial charge in [-0.25, -0.2) is 0 Å². The fraction of sp³-hybridized carbons (Fsp3) is 0.933. The van der Waals surface area contributed by atoms with Crippen LogP contribution in [0.2, 0.25) is 0 Å². The summed E-state index contributed by atoms with van der Waals surface area (Å²) in [6.07, 6.45) is 8.94. The molecule has 19 heavy (non-hydrogen) atoms. The predicted molar refractivity (Wildman–Crippen MR) is 82.6 cm³/mol. The summed E-state index contributed by atoms with van der Waals surface area (Å²) >= 11 is 1.23. The van der Waals surface area contributed by atoms with Crippen molar-refractivity contribution in [2.75, 3.05) is 19.8 Å². The van der Waals surface area contributed by atoms with E-state index < -0.39 is 0 Å². The molecule has 114 valence electrons. The molecule has 0 heterocycles. The van der Waals surface area contributed by atoms with Crippen molar-refractivity contribution in [1.82, 2.24) is 0 Å². The van der Waals surface area contributed by atoms with Crippen LogP contribution in [0.1, 0.15) is 65.2 Å². The van der Waals surface area contributed by atoms with Gasteiger partial charge in [-0.3, -0.25) is 4.79 Å². The van der Waals surface area contributed by atoms with Crippen molar-refractivity contribution in [1.29, 1.82) is 0 Å². The number of thioether (sulfide) groups is 1. The second kappa shape index (κ2) is 14.4. The number of aliphatic hydroxyl groups is 1. The highest BCUT2D eigenvalue weighted by Crippen LogP contribution is 2.15. The van der Waals surface area contributed by atoms with E-state index in [-0.39, 0.29) is 17.0 Å². The molecule has 0 bridgehead atoms. The normalized spacial score (nSPS) is 12.6. The summed E-state index contributed by atoms with van der Waals surface area (Å²) in [6.45, 7) is 5.43. The highest BCUT2D eigenvalue weighted by Gasteiger charge is 2.13. The van der Waals surface area contributed by atoms with Gasteiger partial charge >= 0.3 is 0 Å². The van der Waals surface area contributed by atoms with E-state index >= 15 is 0 Å². The van der Waals surface area contributed by atoms with Crippen molar-refractivity contribution in [3.05, 3.63) is 0 Å². The number of carbonyl (C=O) groups excluding carboxylic acids is 1. The number of rotatable bonds is 13. The Morgan fingerprint density at radius 2 is 1.79 bits per heavy atom. The number of unbranched alkanes of at least 4 members (excludes halogenated alkanes) is 5. The van der Waals surface area contributed by atoms with Gasteiger partial charge in [0, 0.05) is 13.0 Å². The molecule has 0 aliphatic rings. The zero-order chi connectivity index (χ0) is 14.3. The number of ether oxygens (including phenoxy) is 1. The summed E-state index contributed by atoms with van der Waals surface area (Å²) in [7, 11) is 0. The molecule has 0 aromatic carbocycles. The second-order valence-electron chi connectivity index (χ2n) is 4.89. The van der Waals surface area contributed by atoms with Gasteiger partial charge < -0.3 is 9.84 Å². The van der Waals surface area contributed by atoms with Gasteiger partial charge in [0.15, 0.2) is 5.12 Å². The molecule has 3 nitrogen and oxygen atoms in total. The first-order chi connectivity index (χ1) is 9.24. The Morgan fingerprint density at radius 1 is 1.11 bits per heavy atom.